The SMILES string of the molecule is CC1=CC(C)CC=C1OCC1(c2ccccc2O)CC1. The predicted molar refractivity (Wildman–Crippen MR) is 80.6 cm³/mol. The molecule has 2 aliphatic carbocycles. The fourth-order valence-electron chi connectivity index (χ4n) is 2.98. The van der Waals surface area contributed by atoms with Gasteiger partial charge in [0.25, 0.3) is 0 Å². The summed E-state index contributed by atoms with van der Waals surface area (Å²) in [4.78, 5) is 0. The molecule has 0 heterocycles. The second kappa shape index (κ2) is 5.01. The number of para-hydroxylation sites is 1. The lowest BCUT2D eigenvalue weighted by molar-refractivity contribution is 0.186. The van der Waals surface area contributed by atoms with E-state index in [-0.39, 0.29) is 5.41 Å². The molecule has 0 bridgehead atoms. The lowest BCUT2D eigenvalue weighted by Crippen LogP contribution is -2.16. The van der Waals surface area contributed by atoms with E-state index in [0.29, 0.717) is 18.3 Å². The monoisotopic (exact) mass is 270 g/mol. The Labute approximate surface area is 120 Å². The van der Waals surface area contributed by atoms with Crippen LogP contribution in [0.15, 0.2) is 47.7 Å². The Morgan fingerprint density at radius 2 is 2.05 bits per heavy atom. The fraction of sp³-hybridized carbons (Fsp3) is 0.444. The molecule has 1 aromatic carbocycles. The number of aromatic hydroxyl groups is 1. The van der Waals surface area contributed by atoms with Gasteiger partial charge in [0, 0.05) is 11.0 Å². The summed E-state index contributed by atoms with van der Waals surface area (Å²) in [5, 5.41) is 10.0. The largest absolute Gasteiger partial charge is 0.508 e. The maximum absolute atomic E-state index is 10.0. The molecule has 1 fully saturated rings. The molecule has 0 aromatic heterocycles. The molecule has 2 nitrogen and oxygen atoms in total. The fourth-order valence-corrected chi connectivity index (χ4v) is 2.98. The summed E-state index contributed by atoms with van der Waals surface area (Å²) in [5.41, 5.74) is 2.29. The molecule has 1 N–H and O–H groups in total. The lowest BCUT2D eigenvalue weighted by Gasteiger charge is -2.22. The third-order valence-electron chi connectivity index (χ3n) is 4.43. The van der Waals surface area contributed by atoms with Gasteiger partial charge in [-0.2, -0.15) is 0 Å². The summed E-state index contributed by atoms with van der Waals surface area (Å²) in [6.07, 6.45) is 7.71. The molecular formula is C18H22O2. The number of phenolic OH excluding ortho intramolecular Hbond substituents is 1. The Kier molecular flexibility index (Phi) is 3.33. The zero-order valence-electron chi connectivity index (χ0n) is 12.2. The number of phenols is 1. The summed E-state index contributed by atoms with van der Waals surface area (Å²) < 4.78 is 6.06. The molecule has 106 valence electrons. The minimum Gasteiger partial charge on any atom is -0.508 e. The van der Waals surface area contributed by atoms with E-state index in [0.717, 1.165) is 30.6 Å². The average molecular weight is 270 g/mol. The van der Waals surface area contributed by atoms with E-state index in [9.17, 15) is 5.11 Å². The van der Waals surface area contributed by atoms with Gasteiger partial charge in [0.15, 0.2) is 0 Å². The Morgan fingerprint density at radius 3 is 2.70 bits per heavy atom. The van der Waals surface area contributed by atoms with Crippen LogP contribution in [0.5, 0.6) is 5.75 Å². The molecule has 3 rings (SSSR count). The van der Waals surface area contributed by atoms with Crippen LogP contribution in [0.4, 0.5) is 0 Å². The first-order valence-electron chi connectivity index (χ1n) is 7.41. The number of rotatable bonds is 4. The van der Waals surface area contributed by atoms with Crippen molar-refractivity contribution in [1.29, 1.82) is 0 Å². The molecule has 0 amide bonds. The molecule has 0 saturated heterocycles. The number of hydrogen-bond acceptors (Lipinski definition) is 2. The Morgan fingerprint density at radius 1 is 1.30 bits per heavy atom. The van der Waals surface area contributed by atoms with E-state index in [1.54, 1.807) is 6.07 Å². The van der Waals surface area contributed by atoms with Gasteiger partial charge in [-0.3, -0.25) is 0 Å². The topological polar surface area (TPSA) is 29.5 Å². The van der Waals surface area contributed by atoms with Crippen molar-refractivity contribution in [1.82, 2.24) is 0 Å². The van der Waals surface area contributed by atoms with Gasteiger partial charge < -0.3 is 9.84 Å². The maximum Gasteiger partial charge on any atom is 0.119 e. The highest BCUT2D eigenvalue weighted by Gasteiger charge is 2.47. The molecular weight excluding hydrogens is 248 g/mol. The van der Waals surface area contributed by atoms with Crippen LogP contribution in [0, 0.1) is 5.92 Å². The minimum absolute atomic E-state index is 0.0233. The first kappa shape index (κ1) is 13.3. The van der Waals surface area contributed by atoms with E-state index < -0.39 is 0 Å². The first-order chi connectivity index (χ1) is 9.61. The highest BCUT2D eigenvalue weighted by molar-refractivity contribution is 5.42. The summed E-state index contributed by atoms with van der Waals surface area (Å²) in [6, 6.07) is 7.64. The van der Waals surface area contributed by atoms with Gasteiger partial charge >= 0.3 is 0 Å². The normalized spacial score (nSPS) is 23.8. The molecule has 2 heteroatoms. The number of ether oxygens (including phenoxy) is 1. The minimum atomic E-state index is 0.0233. The Bertz CT molecular complexity index is 565. The van der Waals surface area contributed by atoms with Crippen molar-refractivity contribution >= 4 is 0 Å². The zero-order valence-corrected chi connectivity index (χ0v) is 12.2. The second-order valence-corrected chi connectivity index (χ2v) is 6.22. The van der Waals surface area contributed by atoms with Gasteiger partial charge in [0.2, 0.25) is 0 Å². The number of allylic oxidation sites excluding steroid dienone is 3. The molecule has 1 atom stereocenters. The van der Waals surface area contributed by atoms with Crippen molar-refractivity contribution in [2.24, 2.45) is 5.92 Å². The summed E-state index contributed by atoms with van der Waals surface area (Å²) >= 11 is 0. The Balaban J connectivity index is 1.70. The van der Waals surface area contributed by atoms with E-state index in [1.807, 2.05) is 18.2 Å². The van der Waals surface area contributed by atoms with Crippen molar-refractivity contribution in [2.75, 3.05) is 6.61 Å². The van der Waals surface area contributed by atoms with E-state index in [2.05, 4.69) is 26.0 Å². The van der Waals surface area contributed by atoms with Crippen LogP contribution >= 0.6 is 0 Å². The van der Waals surface area contributed by atoms with Crippen LogP contribution in [-0.4, -0.2) is 11.7 Å². The molecule has 1 saturated carbocycles. The van der Waals surface area contributed by atoms with Crippen LogP contribution in [0.3, 0.4) is 0 Å². The molecule has 0 aliphatic heterocycles. The number of benzene rings is 1. The smallest absolute Gasteiger partial charge is 0.119 e. The highest BCUT2D eigenvalue weighted by atomic mass is 16.5. The van der Waals surface area contributed by atoms with Crippen molar-refractivity contribution in [2.45, 2.75) is 38.5 Å². The van der Waals surface area contributed by atoms with Crippen molar-refractivity contribution in [3.8, 4) is 5.75 Å². The molecule has 2 aliphatic rings. The maximum atomic E-state index is 10.0. The first-order valence-corrected chi connectivity index (χ1v) is 7.41. The Hall–Kier alpha value is -1.70. The van der Waals surface area contributed by atoms with Gasteiger partial charge in [-0.1, -0.05) is 31.2 Å². The van der Waals surface area contributed by atoms with Crippen LogP contribution < -0.4 is 0 Å². The van der Waals surface area contributed by atoms with E-state index >= 15 is 0 Å². The van der Waals surface area contributed by atoms with Crippen LogP contribution in [-0.2, 0) is 10.2 Å². The molecule has 0 radical (unpaired) electrons. The second-order valence-electron chi connectivity index (χ2n) is 6.22. The van der Waals surface area contributed by atoms with Gasteiger partial charge in [0.1, 0.15) is 11.5 Å². The zero-order chi connectivity index (χ0) is 14.2. The van der Waals surface area contributed by atoms with Crippen molar-refractivity contribution in [3.63, 3.8) is 0 Å². The molecule has 0 spiro atoms. The van der Waals surface area contributed by atoms with Gasteiger partial charge in [-0.05, 0) is 49.8 Å². The van der Waals surface area contributed by atoms with Crippen LogP contribution in [0.1, 0.15) is 38.7 Å². The quantitative estimate of drug-likeness (QED) is 0.883. The van der Waals surface area contributed by atoms with Gasteiger partial charge in [-0.25, -0.2) is 0 Å². The van der Waals surface area contributed by atoms with Crippen LogP contribution in [0.25, 0.3) is 0 Å². The molecule has 20 heavy (non-hydrogen) atoms. The third kappa shape index (κ3) is 2.47. The standard InChI is InChI=1S/C18H22O2/c1-13-7-8-17(14(2)11-13)20-12-18(9-10-18)15-5-3-4-6-16(15)19/h3-6,8,11,13,19H,7,9-10,12H2,1-2H3. The summed E-state index contributed by atoms with van der Waals surface area (Å²) in [7, 11) is 0. The lowest BCUT2D eigenvalue weighted by atomic mass is 9.95. The van der Waals surface area contributed by atoms with Crippen LogP contribution in [0.2, 0.25) is 0 Å². The summed E-state index contributed by atoms with van der Waals surface area (Å²) in [5.74, 6) is 2.02. The third-order valence-corrected chi connectivity index (χ3v) is 4.43. The van der Waals surface area contributed by atoms with Crippen molar-refractivity contribution < 1.29 is 9.84 Å². The highest BCUT2D eigenvalue weighted by Crippen LogP contribution is 2.51. The summed E-state index contributed by atoms with van der Waals surface area (Å²) in [6.45, 7) is 5.00. The average Bonchev–Trinajstić information content (AvgIpc) is 3.19. The van der Waals surface area contributed by atoms with Crippen molar-refractivity contribution in [3.05, 3.63) is 53.3 Å². The molecule has 1 unspecified atom stereocenters. The molecule has 1 aromatic rings. The predicted octanol–water partition coefficient (Wildman–Crippen LogP) is 4.31. The van der Waals surface area contributed by atoms with E-state index in [4.69, 9.17) is 4.74 Å². The van der Waals surface area contributed by atoms with E-state index in [1.165, 1.54) is 5.57 Å². The number of hydrogen-bond donors (Lipinski definition) is 1. The van der Waals surface area contributed by atoms with Gasteiger partial charge in [0.05, 0.1) is 6.61 Å². The van der Waals surface area contributed by atoms with Gasteiger partial charge in [-0.15, -0.1) is 0 Å².